The van der Waals surface area contributed by atoms with Crippen LogP contribution < -0.4 is 15.8 Å². The lowest BCUT2D eigenvalue weighted by Gasteiger charge is -2.18. The molecule has 16 heavy (non-hydrogen) atoms. The minimum Gasteiger partial charge on any atom is -0.495 e. The SMILES string of the molecule is COc1cc(NC(=O)C(C)(C)C)ccc1N. The summed E-state index contributed by atoms with van der Waals surface area (Å²) in [6.45, 7) is 5.57. The van der Waals surface area contributed by atoms with Crippen molar-refractivity contribution < 1.29 is 9.53 Å². The Bertz CT molecular complexity index is 394. The van der Waals surface area contributed by atoms with E-state index in [-0.39, 0.29) is 5.91 Å². The quantitative estimate of drug-likeness (QED) is 0.754. The number of nitrogens with two attached hydrogens (primary N) is 1. The molecule has 0 aromatic heterocycles. The van der Waals surface area contributed by atoms with Crippen LogP contribution in [0, 0.1) is 5.41 Å². The van der Waals surface area contributed by atoms with Crippen LogP contribution in [0.5, 0.6) is 5.75 Å². The van der Waals surface area contributed by atoms with Gasteiger partial charge in [0, 0.05) is 17.2 Å². The van der Waals surface area contributed by atoms with Crippen molar-refractivity contribution >= 4 is 17.3 Å². The number of anilines is 2. The van der Waals surface area contributed by atoms with Gasteiger partial charge in [-0.3, -0.25) is 4.79 Å². The average Bonchev–Trinajstić information content (AvgIpc) is 2.19. The topological polar surface area (TPSA) is 64.3 Å². The molecule has 0 unspecified atom stereocenters. The number of benzene rings is 1. The minimum absolute atomic E-state index is 0.0423. The maximum atomic E-state index is 11.7. The highest BCUT2D eigenvalue weighted by Gasteiger charge is 2.21. The molecule has 88 valence electrons. The summed E-state index contributed by atoms with van der Waals surface area (Å²) < 4.78 is 5.08. The van der Waals surface area contributed by atoms with Gasteiger partial charge in [-0.05, 0) is 12.1 Å². The fourth-order valence-electron chi connectivity index (χ4n) is 1.11. The largest absolute Gasteiger partial charge is 0.495 e. The minimum atomic E-state index is -0.422. The molecule has 0 heterocycles. The van der Waals surface area contributed by atoms with E-state index in [1.54, 1.807) is 25.3 Å². The van der Waals surface area contributed by atoms with E-state index in [4.69, 9.17) is 10.5 Å². The predicted octanol–water partition coefficient (Wildman–Crippen LogP) is 2.26. The van der Waals surface area contributed by atoms with E-state index in [2.05, 4.69) is 5.32 Å². The van der Waals surface area contributed by atoms with Crippen LogP contribution in [0.4, 0.5) is 11.4 Å². The van der Waals surface area contributed by atoms with Crippen LogP contribution in [-0.4, -0.2) is 13.0 Å². The van der Waals surface area contributed by atoms with Crippen LogP contribution in [0.15, 0.2) is 18.2 Å². The summed E-state index contributed by atoms with van der Waals surface area (Å²) in [7, 11) is 1.54. The second-order valence-electron chi connectivity index (χ2n) is 4.66. The second kappa shape index (κ2) is 4.43. The van der Waals surface area contributed by atoms with Crippen LogP contribution in [-0.2, 0) is 4.79 Å². The highest BCUT2D eigenvalue weighted by atomic mass is 16.5. The van der Waals surface area contributed by atoms with Gasteiger partial charge >= 0.3 is 0 Å². The number of nitrogens with one attached hydrogen (secondary N) is 1. The zero-order valence-corrected chi connectivity index (χ0v) is 10.1. The Morgan fingerprint density at radius 2 is 2.00 bits per heavy atom. The number of carbonyl (C=O) groups excluding carboxylic acids is 1. The zero-order chi connectivity index (χ0) is 12.3. The Kier molecular flexibility index (Phi) is 3.42. The Balaban J connectivity index is 2.87. The van der Waals surface area contributed by atoms with Crippen LogP contribution in [0.25, 0.3) is 0 Å². The summed E-state index contributed by atoms with van der Waals surface area (Å²) in [6.07, 6.45) is 0. The number of ether oxygens (including phenoxy) is 1. The summed E-state index contributed by atoms with van der Waals surface area (Å²) in [5, 5.41) is 2.81. The van der Waals surface area contributed by atoms with Gasteiger partial charge in [-0.2, -0.15) is 0 Å². The van der Waals surface area contributed by atoms with Gasteiger partial charge in [0.05, 0.1) is 12.8 Å². The number of nitrogen functional groups attached to an aromatic ring is 1. The predicted molar refractivity (Wildman–Crippen MR) is 65.5 cm³/mol. The first-order valence-corrected chi connectivity index (χ1v) is 5.09. The Hall–Kier alpha value is -1.71. The van der Waals surface area contributed by atoms with E-state index < -0.39 is 5.41 Å². The molecular weight excluding hydrogens is 204 g/mol. The van der Waals surface area contributed by atoms with Crippen molar-refractivity contribution in [1.29, 1.82) is 0 Å². The van der Waals surface area contributed by atoms with Gasteiger partial charge in [0.15, 0.2) is 0 Å². The molecule has 1 amide bonds. The van der Waals surface area contributed by atoms with E-state index in [1.165, 1.54) is 0 Å². The smallest absolute Gasteiger partial charge is 0.229 e. The van der Waals surface area contributed by atoms with E-state index in [0.717, 1.165) is 0 Å². The van der Waals surface area contributed by atoms with Crippen molar-refractivity contribution in [3.8, 4) is 5.75 Å². The summed E-state index contributed by atoms with van der Waals surface area (Å²) in [4.78, 5) is 11.7. The molecule has 1 aromatic carbocycles. The molecule has 1 aromatic rings. The number of hydrogen-bond acceptors (Lipinski definition) is 3. The molecule has 0 atom stereocenters. The maximum absolute atomic E-state index is 11.7. The van der Waals surface area contributed by atoms with Crippen molar-refractivity contribution in [1.82, 2.24) is 0 Å². The van der Waals surface area contributed by atoms with E-state index in [1.807, 2.05) is 20.8 Å². The highest BCUT2D eigenvalue weighted by Crippen LogP contribution is 2.26. The van der Waals surface area contributed by atoms with Crippen molar-refractivity contribution in [3.63, 3.8) is 0 Å². The highest BCUT2D eigenvalue weighted by molar-refractivity contribution is 5.94. The third-order valence-corrected chi connectivity index (χ3v) is 2.17. The molecule has 4 nitrogen and oxygen atoms in total. The summed E-state index contributed by atoms with van der Waals surface area (Å²) in [6, 6.07) is 5.16. The first-order valence-electron chi connectivity index (χ1n) is 5.09. The average molecular weight is 222 g/mol. The lowest BCUT2D eigenvalue weighted by molar-refractivity contribution is -0.123. The maximum Gasteiger partial charge on any atom is 0.229 e. The van der Waals surface area contributed by atoms with E-state index in [0.29, 0.717) is 17.1 Å². The lowest BCUT2D eigenvalue weighted by atomic mass is 9.95. The van der Waals surface area contributed by atoms with Gasteiger partial charge < -0.3 is 15.8 Å². The first-order chi connectivity index (χ1) is 7.34. The number of carbonyl (C=O) groups is 1. The summed E-state index contributed by atoms with van der Waals surface area (Å²) in [5.41, 5.74) is 6.50. The second-order valence-corrected chi connectivity index (χ2v) is 4.66. The van der Waals surface area contributed by atoms with Gasteiger partial charge in [0.1, 0.15) is 5.75 Å². The van der Waals surface area contributed by atoms with Gasteiger partial charge in [0.2, 0.25) is 5.91 Å². The molecule has 0 aliphatic heterocycles. The number of methoxy groups -OCH3 is 1. The first kappa shape index (κ1) is 12.4. The molecule has 0 fully saturated rings. The molecule has 3 N–H and O–H groups in total. The molecule has 0 bridgehead atoms. The monoisotopic (exact) mass is 222 g/mol. The van der Waals surface area contributed by atoms with Gasteiger partial charge in [-0.15, -0.1) is 0 Å². The fraction of sp³-hybridized carbons (Fsp3) is 0.417. The molecule has 0 saturated carbocycles. The Labute approximate surface area is 95.8 Å². The molecule has 4 heteroatoms. The molecule has 1 rings (SSSR count). The van der Waals surface area contributed by atoms with Gasteiger partial charge in [-0.1, -0.05) is 20.8 Å². The Morgan fingerprint density at radius 1 is 1.38 bits per heavy atom. The summed E-state index contributed by atoms with van der Waals surface area (Å²) in [5.74, 6) is 0.519. The van der Waals surface area contributed by atoms with Crippen molar-refractivity contribution in [3.05, 3.63) is 18.2 Å². The molecule has 0 spiro atoms. The molecule has 0 aliphatic rings. The van der Waals surface area contributed by atoms with Crippen LogP contribution >= 0.6 is 0 Å². The molecule has 0 aliphatic carbocycles. The van der Waals surface area contributed by atoms with Crippen LogP contribution in [0.2, 0.25) is 0 Å². The number of amides is 1. The standard InChI is InChI=1S/C12H18N2O2/c1-12(2,3)11(15)14-8-5-6-9(13)10(7-8)16-4/h5-7H,13H2,1-4H3,(H,14,15). The summed E-state index contributed by atoms with van der Waals surface area (Å²) >= 11 is 0. The zero-order valence-electron chi connectivity index (χ0n) is 10.1. The third-order valence-electron chi connectivity index (χ3n) is 2.17. The number of hydrogen-bond donors (Lipinski definition) is 2. The van der Waals surface area contributed by atoms with Crippen LogP contribution in [0.1, 0.15) is 20.8 Å². The van der Waals surface area contributed by atoms with Gasteiger partial charge in [-0.25, -0.2) is 0 Å². The number of rotatable bonds is 2. The third kappa shape index (κ3) is 2.89. The van der Waals surface area contributed by atoms with E-state index >= 15 is 0 Å². The van der Waals surface area contributed by atoms with E-state index in [9.17, 15) is 4.79 Å². The van der Waals surface area contributed by atoms with Crippen LogP contribution in [0.3, 0.4) is 0 Å². The molecule has 0 radical (unpaired) electrons. The van der Waals surface area contributed by atoms with Crippen molar-refractivity contribution in [2.45, 2.75) is 20.8 Å². The van der Waals surface area contributed by atoms with Crippen molar-refractivity contribution in [2.75, 3.05) is 18.2 Å². The molecular formula is C12H18N2O2. The van der Waals surface area contributed by atoms with Gasteiger partial charge in [0.25, 0.3) is 0 Å². The normalized spacial score (nSPS) is 11.0. The lowest BCUT2D eigenvalue weighted by Crippen LogP contribution is -2.27. The fourth-order valence-corrected chi connectivity index (χ4v) is 1.11. The molecule has 0 saturated heterocycles. The van der Waals surface area contributed by atoms with Crippen molar-refractivity contribution in [2.24, 2.45) is 5.41 Å². The Morgan fingerprint density at radius 3 is 2.50 bits per heavy atom.